The van der Waals surface area contributed by atoms with Gasteiger partial charge in [0.2, 0.25) is 11.8 Å². The van der Waals surface area contributed by atoms with E-state index in [2.05, 4.69) is 9.97 Å². The van der Waals surface area contributed by atoms with Crippen molar-refractivity contribution < 1.29 is 28.3 Å². The zero-order chi connectivity index (χ0) is 19.7. The first kappa shape index (κ1) is 19.8. The molecule has 1 radical (unpaired) electrons. The van der Waals surface area contributed by atoms with Crippen molar-refractivity contribution in [2.24, 2.45) is 0 Å². The molecule has 0 amide bonds. The molecule has 0 N–H and O–H groups in total. The zero-order valence-corrected chi connectivity index (χ0v) is 16.2. The number of hydrogen-bond acceptors (Lipinski definition) is 8. The van der Waals surface area contributed by atoms with E-state index < -0.39 is 0 Å². The van der Waals surface area contributed by atoms with Gasteiger partial charge < -0.3 is 28.3 Å². The number of pyridine rings is 2. The first-order chi connectivity index (χ1) is 14.3. The van der Waals surface area contributed by atoms with Gasteiger partial charge in [0.15, 0.2) is 0 Å². The van der Waals surface area contributed by atoms with E-state index in [0.717, 1.165) is 52.1 Å². The zero-order valence-electron chi connectivity index (χ0n) is 16.2. The molecule has 2 aliphatic rings. The lowest BCUT2D eigenvalue weighted by Gasteiger charge is -2.22. The average molecular weight is 399 g/mol. The lowest BCUT2D eigenvalue weighted by Crippen LogP contribution is -2.26. The Kier molecular flexibility index (Phi) is 7.04. The molecule has 8 nitrogen and oxygen atoms in total. The van der Waals surface area contributed by atoms with E-state index in [4.69, 9.17) is 28.3 Å². The largest absolute Gasteiger partial charge is 0.658 e. The molecule has 4 rings (SSSR count). The summed E-state index contributed by atoms with van der Waals surface area (Å²) in [6.07, 6.45) is 7.04. The van der Waals surface area contributed by atoms with Gasteiger partial charge in [0.1, 0.15) is 23.7 Å². The van der Waals surface area contributed by atoms with Crippen molar-refractivity contribution in [3.63, 3.8) is 0 Å². The van der Waals surface area contributed by atoms with Gasteiger partial charge in [-0.2, -0.15) is 0 Å². The normalized spacial score (nSPS) is 18.1. The summed E-state index contributed by atoms with van der Waals surface area (Å²) < 4.78 is 33.2. The Bertz CT molecular complexity index is 670. The third-order valence-electron chi connectivity index (χ3n) is 4.70. The van der Waals surface area contributed by atoms with E-state index in [0.29, 0.717) is 23.3 Å². The highest BCUT2D eigenvalue weighted by Crippen LogP contribution is 2.20. The fraction of sp³-hybridized carbons (Fsp3) is 0.500. The summed E-state index contributed by atoms with van der Waals surface area (Å²) >= 11 is 0. The molecular formula is C20H24BN2O6. The minimum absolute atomic E-state index is 0.156. The van der Waals surface area contributed by atoms with Gasteiger partial charge >= 0.3 is 7.69 Å². The minimum atomic E-state index is 0.156. The number of hydrogen-bond donors (Lipinski definition) is 0. The average Bonchev–Trinajstić information content (AvgIpc) is 2.78. The Morgan fingerprint density at radius 1 is 0.690 bits per heavy atom. The standard InChI is InChI=1S/C20H24BN2O6/c1-3-19(26-15-5-9-24-10-6-15)22-13-17(1)28-21-29-18-2-4-20(23-14-18)27-16-7-11-25-12-8-16/h1-4,13-16H,5-12H2. The quantitative estimate of drug-likeness (QED) is 0.627. The van der Waals surface area contributed by atoms with Crippen LogP contribution in [-0.4, -0.2) is 56.3 Å². The van der Waals surface area contributed by atoms with Crippen LogP contribution in [-0.2, 0) is 9.47 Å². The smallest absolute Gasteiger partial charge is 0.525 e. The molecule has 9 heteroatoms. The van der Waals surface area contributed by atoms with Crippen molar-refractivity contribution in [2.75, 3.05) is 26.4 Å². The van der Waals surface area contributed by atoms with Gasteiger partial charge in [0, 0.05) is 37.8 Å². The maximum absolute atomic E-state index is 5.83. The number of aromatic nitrogens is 2. The summed E-state index contributed by atoms with van der Waals surface area (Å²) in [5.41, 5.74) is 0. The fourth-order valence-electron chi connectivity index (χ4n) is 3.08. The van der Waals surface area contributed by atoms with E-state index in [1.165, 1.54) is 7.69 Å². The highest BCUT2D eigenvalue weighted by Gasteiger charge is 2.17. The van der Waals surface area contributed by atoms with Crippen LogP contribution in [0.3, 0.4) is 0 Å². The molecule has 0 aliphatic carbocycles. The maximum atomic E-state index is 5.83. The number of rotatable bonds is 8. The van der Waals surface area contributed by atoms with Gasteiger partial charge in [-0.25, -0.2) is 9.97 Å². The predicted octanol–water partition coefficient (Wildman–Crippen LogP) is 2.58. The third-order valence-corrected chi connectivity index (χ3v) is 4.70. The molecule has 2 aromatic rings. The fourth-order valence-corrected chi connectivity index (χ4v) is 3.08. The highest BCUT2D eigenvalue weighted by atomic mass is 16.6. The minimum Gasteiger partial charge on any atom is -0.525 e. The van der Waals surface area contributed by atoms with Crippen molar-refractivity contribution in [1.82, 2.24) is 9.97 Å². The number of ether oxygens (including phenoxy) is 4. The Morgan fingerprint density at radius 2 is 1.14 bits per heavy atom. The summed E-state index contributed by atoms with van der Waals surface area (Å²) in [7, 11) is 1.24. The first-order valence-corrected chi connectivity index (χ1v) is 9.91. The number of nitrogens with zero attached hydrogens (tertiary/aromatic N) is 2. The van der Waals surface area contributed by atoms with E-state index >= 15 is 0 Å². The molecule has 2 saturated heterocycles. The van der Waals surface area contributed by atoms with Crippen LogP contribution in [0.1, 0.15) is 25.7 Å². The van der Waals surface area contributed by atoms with E-state index in [1.54, 1.807) is 36.7 Å². The SMILES string of the molecule is [B](Oc1ccc(OC2CCOCC2)nc1)Oc1ccc(OC2CCOCC2)nc1. The molecule has 153 valence electrons. The Labute approximate surface area is 170 Å². The van der Waals surface area contributed by atoms with Gasteiger partial charge in [-0.3, -0.25) is 0 Å². The summed E-state index contributed by atoms with van der Waals surface area (Å²) in [6, 6.07) is 7.13. The van der Waals surface area contributed by atoms with Crippen LogP contribution in [0, 0.1) is 0 Å². The van der Waals surface area contributed by atoms with Crippen molar-refractivity contribution in [3.05, 3.63) is 36.7 Å². The molecule has 2 aliphatic heterocycles. The predicted molar refractivity (Wildman–Crippen MR) is 104 cm³/mol. The summed E-state index contributed by atoms with van der Waals surface area (Å²) in [5, 5.41) is 0. The van der Waals surface area contributed by atoms with Gasteiger partial charge in [0.05, 0.1) is 38.8 Å². The molecule has 0 atom stereocenters. The molecule has 29 heavy (non-hydrogen) atoms. The molecule has 0 bridgehead atoms. The van der Waals surface area contributed by atoms with Crippen LogP contribution in [0.25, 0.3) is 0 Å². The van der Waals surface area contributed by atoms with Gasteiger partial charge in [-0.1, -0.05) is 0 Å². The third kappa shape index (κ3) is 6.23. The molecule has 0 saturated carbocycles. The van der Waals surface area contributed by atoms with Gasteiger partial charge in [-0.05, 0) is 12.1 Å². The maximum Gasteiger partial charge on any atom is 0.658 e. The molecule has 0 spiro atoms. The van der Waals surface area contributed by atoms with Crippen molar-refractivity contribution in [2.45, 2.75) is 37.9 Å². The molecule has 2 aromatic heterocycles. The second-order valence-corrected chi connectivity index (χ2v) is 6.86. The molecule has 4 heterocycles. The van der Waals surface area contributed by atoms with Gasteiger partial charge in [0.25, 0.3) is 0 Å². The van der Waals surface area contributed by atoms with E-state index in [1.807, 2.05) is 0 Å². The molecule has 2 fully saturated rings. The van der Waals surface area contributed by atoms with Crippen molar-refractivity contribution >= 4 is 7.69 Å². The highest BCUT2D eigenvalue weighted by molar-refractivity contribution is 6.20. The lowest BCUT2D eigenvalue weighted by molar-refractivity contribution is 0.0235. The second-order valence-electron chi connectivity index (χ2n) is 6.86. The Balaban J connectivity index is 1.18. The van der Waals surface area contributed by atoms with Crippen molar-refractivity contribution in [3.8, 4) is 23.3 Å². The summed E-state index contributed by atoms with van der Waals surface area (Å²) in [5.74, 6) is 2.26. The second kappa shape index (κ2) is 10.3. The van der Waals surface area contributed by atoms with Crippen LogP contribution < -0.4 is 18.8 Å². The monoisotopic (exact) mass is 399 g/mol. The molecule has 0 unspecified atom stereocenters. The van der Waals surface area contributed by atoms with Crippen molar-refractivity contribution in [1.29, 1.82) is 0 Å². The molecular weight excluding hydrogens is 375 g/mol. The van der Waals surface area contributed by atoms with Gasteiger partial charge in [-0.15, -0.1) is 0 Å². The first-order valence-electron chi connectivity index (χ1n) is 9.91. The molecule has 0 aromatic carbocycles. The van der Waals surface area contributed by atoms with Crippen LogP contribution in [0.4, 0.5) is 0 Å². The topological polar surface area (TPSA) is 81.2 Å². The summed E-state index contributed by atoms with van der Waals surface area (Å²) in [6.45, 7) is 2.93. The van der Waals surface area contributed by atoms with Crippen LogP contribution in [0.2, 0.25) is 0 Å². The Hall–Kier alpha value is -2.52. The Morgan fingerprint density at radius 3 is 1.52 bits per heavy atom. The van der Waals surface area contributed by atoms with Crippen LogP contribution >= 0.6 is 0 Å². The summed E-state index contributed by atoms with van der Waals surface area (Å²) in [4.78, 5) is 8.53. The van der Waals surface area contributed by atoms with Crippen LogP contribution in [0.15, 0.2) is 36.7 Å². The van der Waals surface area contributed by atoms with Crippen LogP contribution in [0.5, 0.6) is 23.3 Å². The lowest BCUT2D eigenvalue weighted by atomic mass is 10.1. The van der Waals surface area contributed by atoms with E-state index in [-0.39, 0.29) is 12.2 Å². The van der Waals surface area contributed by atoms with E-state index in [9.17, 15) is 0 Å².